The molecule has 2 rings (SSSR count). The fourth-order valence-electron chi connectivity index (χ4n) is 2.62. The largest absolute Gasteiger partial charge is 0.433 e. The van der Waals surface area contributed by atoms with Crippen LogP contribution in [0.25, 0.3) is 0 Å². The molecule has 1 fully saturated rings. The van der Waals surface area contributed by atoms with E-state index in [1.165, 1.54) is 6.07 Å². The first kappa shape index (κ1) is 16.5. The van der Waals surface area contributed by atoms with Gasteiger partial charge in [-0.25, -0.2) is 4.98 Å². The van der Waals surface area contributed by atoms with Gasteiger partial charge in [0.1, 0.15) is 10.8 Å². The standard InChI is InChI=1S/C14H17ClF3NO2/c1-2-3-9-8-13(20,6-7-21-9)10-4-5-11(14(16,17)18)19-12(10)15/h4-5,9,20H,2-3,6-8H2,1H3. The summed E-state index contributed by atoms with van der Waals surface area (Å²) in [5, 5.41) is 10.4. The van der Waals surface area contributed by atoms with Crippen molar-refractivity contribution in [2.24, 2.45) is 0 Å². The minimum absolute atomic E-state index is 0.118. The molecule has 2 atom stereocenters. The second-order valence-electron chi connectivity index (χ2n) is 5.30. The van der Waals surface area contributed by atoms with E-state index in [0.717, 1.165) is 18.9 Å². The maximum absolute atomic E-state index is 12.6. The number of nitrogens with zero attached hydrogens (tertiary/aromatic N) is 1. The summed E-state index contributed by atoms with van der Waals surface area (Å²) in [4.78, 5) is 3.38. The van der Waals surface area contributed by atoms with E-state index >= 15 is 0 Å². The normalized spacial score (nSPS) is 26.9. The summed E-state index contributed by atoms with van der Waals surface area (Å²) in [5.74, 6) is 0. The number of halogens is 4. The van der Waals surface area contributed by atoms with Crippen molar-refractivity contribution in [3.05, 3.63) is 28.5 Å². The minimum atomic E-state index is -4.55. The van der Waals surface area contributed by atoms with Gasteiger partial charge in [0.05, 0.1) is 18.3 Å². The van der Waals surface area contributed by atoms with E-state index in [2.05, 4.69) is 4.98 Å². The molecule has 7 heteroatoms. The Hall–Kier alpha value is -0.850. The highest BCUT2D eigenvalue weighted by atomic mass is 35.5. The highest BCUT2D eigenvalue weighted by Gasteiger charge is 2.40. The van der Waals surface area contributed by atoms with Crippen LogP contribution in [0.4, 0.5) is 13.2 Å². The molecule has 1 saturated heterocycles. The molecule has 21 heavy (non-hydrogen) atoms. The van der Waals surface area contributed by atoms with Crippen molar-refractivity contribution in [2.75, 3.05) is 6.61 Å². The fraction of sp³-hybridized carbons (Fsp3) is 0.643. The molecule has 0 aromatic carbocycles. The van der Waals surface area contributed by atoms with Crippen LogP contribution in [0.1, 0.15) is 43.9 Å². The van der Waals surface area contributed by atoms with Gasteiger partial charge in [-0.05, 0) is 12.5 Å². The molecule has 0 amide bonds. The first-order valence-corrected chi connectivity index (χ1v) is 7.22. The van der Waals surface area contributed by atoms with Crippen LogP contribution in [0.15, 0.2) is 12.1 Å². The predicted octanol–water partition coefficient (Wildman–Crippen LogP) is 3.92. The molecular weight excluding hydrogens is 307 g/mol. The number of hydrogen-bond acceptors (Lipinski definition) is 3. The number of ether oxygens (including phenoxy) is 1. The van der Waals surface area contributed by atoms with E-state index in [9.17, 15) is 18.3 Å². The van der Waals surface area contributed by atoms with E-state index < -0.39 is 17.5 Å². The Morgan fingerprint density at radius 3 is 2.76 bits per heavy atom. The molecule has 0 bridgehead atoms. The smallest absolute Gasteiger partial charge is 0.385 e. The molecule has 1 aromatic heterocycles. The second-order valence-corrected chi connectivity index (χ2v) is 5.66. The minimum Gasteiger partial charge on any atom is -0.385 e. The van der Waals surface area contributed by atoms with Gasteiger partial charge in [0.25, 0.3) is 0 Å². The quantitative estimate of drug-likeness (QED) is 0.857. The lowest BCUT2D eigenvalue weighted by Crippen LogP contribution is -2.39. The Morgan fingerprint density at radius 1 is 1.48 bits per heavy atom. The highest BCUT2D eigenvalue weighted by molar-refractivity contribution is 6.30. The zero-order valence-electron chi connectivity index (χ0n) is 11.6. The fourth-order valence-corrected chi connectivity index (χ4v) is 2.95. The molecule has 0 aliphatic carbocycles. The molecule has 2 heterocycles. The van der Waals surface area contributed by atoms with Crippen LogP contribution < -0.4 is 0 Å². The van der Waals surface area contributed by atoms with Crippen molar-refractivity contribution in [1.82, 2.24) is 4.98 Å². The summed E-state index contributed by atoms with van der Waals surface area (Å²) >= 11 is 5.87. The average Bonchev–Trinajstić information content (AvgIpc) is 2.37. The van der Waals surface area contributed by atoms with Gasteiger partial charge in [-0.2, -0.15) is 13.2 Å². The van der Waals surface area contributed by atoms with E-state index in [1.54, 1.807) is 0 Å². The van der Waals surface area contributed by atoms with Crippen LogP contribution >= 0.6 is 11.6 Å². The molecular formula is C14H17ClF3NO2. The maximum atomic E-state index is 12.6. The first-order chi connectivity index (χ1) is 9.76. The summed E-state index contributed by atoms with van der Waals surface area (Å²) in [6.45, 7) is 2.35. The Labute approximate surface area is 126 Å². The predicted molar refractivity (Wildman–Crippen MR) is 72.0 cm³/mol. The molecule has 0 saturated carbocycles. The topological polar surface area (TPSA) is 42.4 Å². The molecule has 1 aliphatic heterocycles. The van der Waals surface area contributed by atoms with Crippen LogP contribution in [-0.4, -0.2) is 22.8 Å². The number of rotatable bonds is 3. The van der Waals surface area contributed by atoms with Crippen LogP contribution in [0.3, 0.4) is 0 Å². The van der Waals surface area contributed by atoms with E-state index in [4.69, 9.17) is 16.3 Å². The molecule has 3 nitrogen and oxygen atoms in total. The van der Waals surface area contributed by atoms with Gasteiger partial charge < -0.3 is 9.84 Å². The van der Waals surface area contributed by atoms with Crippen LogP contribution in [-0.2, 0) is 16.5 Å². The Morgan fingerprint density at radius 2 is 2.19 bits per heavy atom. The lowest BCUT2D eigenvalue weighted by molar-refractivity contribution is -0.141. The SMILES string of the molecule is CCCC1CC(O)(c2ccc(C(F)(F)F)nc2Cl)CCO1. The van der Waals surface area contributed by atoms with Gasteiger partial charge in [0, 0.05) is 18.4 Å². The second kappa shape index (κ2) is 6.10. The molecule has 118 valence electrons. The number of alkyl halides is 3. The molecule has 2 unspecified atom stereocenters. The first-order valence-electron chi connectivity index (χ1n) is 6.84. The Kier molecular flexibility index (Phi) is 4.80. The van der Waals surface area contributed by atoms with Gasteiger partial charge in [0.15, 0.2) is 0 Å². The lowest BCUT2D eigenvalue weighted by Gasteiger charge is -2.37. The highest BCUT2D eigenvalue weighted by Crippen LogP contribution is 2.40. The van der Waals surface area contributed by atoms with Gasteiger partial charge >= 0.3 is 6.18 Å². The van der Waals surface area contributed by atoms with Crippen molar-refractivity contribution >= 4 is 11.6 Å². The Bertz CT molecular complexity index is 507. The Balaban J connectivity index is 2.28. The summed E-state index contributed by atoms with van der Waals surface area (Å²) < 4.78 is 43.3. The van der Waals surface area contributed by atoms with E-state index in [1.807, 2.05) is 6.92 Å². The van der Waals surface area contributed by atoms with Gasteiger partial charge in [-0.3, -0.25) is 0 Å². The van der Waals surface area contributed by atoms with Crippen LogP contribution in [0.5, 0.6) is 0 Å². The zero-order chi connectivity index (χ0) is 15.7. The average molecular weight is 324 g/mol. The van der Waals surface area contributed by atoms with Crippen LogP contribution in [0, 0.1) is 0 Å². The number of aliphatic hydroxyl groups is 1. The number of pyridine rings is 1. The third kappa shape index (κ3) is 3.67. The number of hydrogen-bond donors (Lipinski definition) is 1. The van der Waals surface area contributed by atoms with Crippen molar-refractivity contribution < 1.29 is 23.0 Å². The van der Waals surface area contributed by atoms with Crippen LogP contribution in [0.2, 0.25) is 5.15 Å². The lowest BCUT2D eigenvalue weighted by atomic mass is 9.83. The van der Waals surface area contributed by atoms with Crippen molar-refractivity contribution in [2.45, 2.75) is 50.5 Å². The van der Waals surface area contributed by atoms with Crippen molar-refractivity contribution in [3.63, 3.8) is 0 Å². The molecule has 0 spiro atoms. The summed E-state index contributed by atoms with van der Waals surface area (Å²) in [7, 11) is 0. The monoisotopic (exact) mass is 323 g/mol. The third-order valence-corrected chi connectivity index (χ3v) is 3.97. The molecule has 0 radical (unpaired) electrons. The maximum Gasteiger partial charge on any atom is 0.433 e. The summed E-state index contributed by atoms with van der Waals surface area (Å²) in [5.41, 5.74) is -2.11. The third-order valence-electron chi connectivity index (χ3n) is 3.69. The van der Waals surface area contributed by atoms with Gasteiger partial charge in [-0.15, -0.1) is 0 Å². The van der Waals surface area contributed by atoms with Gasteiger partial charge in [-0.1, -0.05) is 31.0 Å². The molecule has 1 aromatic rings. The molecule has 1 aliphatic rings. The number of aromatic nitrogens is 1. The van der Waals surface area contributed by atoms with Crippen molar-refractivity contribution in [3.8, 4) is 0 Å². The van der Waals surface area contributed by atoms with E-state index in [-0.39, 0.29) is 16.8 Å². The summed E-state index contributed by atoms with van der Waals surface area (Å²) in [6, 6.07) is 2.07. The van der Waals surface area contributed by atoms with E-state index in [0.29, 0.717) is 19.4 Å². The van der Waals surface area contributed by atoms with Gasteiger partial charge in [0.2, 0.25) is 0 Å². The van der Waals surface area contributed by atoms with Crippen molar-refractivity contribution in [1.29, 1.82) is 0 Å². The summed E-state index contributed by atoms with van der Waals surface area (Å²) in [6.07, 6.45) is -2.38. The molecule has 1 N–H and O–H groups in total. The zero-order valence-corrected chi connectivity index (χ0v) is 12.3.